The van der Waals surface area contributed by atoms with Crippen LogP contribution in [0.15, 0.2) is 12.3 Å². The molecular formula is C12H13ClN2O3S. The number of rotatable bonds is 5. The first kappa shape index (κ1) is 15.9. The molecular weight excluding hydrogens is 288 g/mol. The summed E-state index contributed by atoms with van der Waals surface area (Å²) in [4.78, 5) is 14.5. The molecule has 2 unspecified atom stereocenters. The third-order valence-electron chi connectivity index (χ3n) is 2.40. The van der Waals surface area contributed by atoms with Gasteiger partial charge in [-0.15, -0.1) is 0 Å². The molecule has 0 radical (unpaired) electrons. The summed E-state index contributed by atoms with van der Waals surface area (Å²) in [6, 6.07) is 3.27. The Morgan fingerprint density at radius 3 is 2.89 bits per heavy atom. The van der Waals surface area contributed by atoms with Crippen molar-refractivity contribution in [2.45, 2.75) is 25.6 Å². The molecule has 1 aromatic heterocycles. The molecule has 0 saturated carbocycles. The van der Waals surface area contributed by atoms with Crippen LogP contribution in [0.2, 0.25) is 5.15 Å². The van der Waals surface area contributed by atoms with Gasteiger partial charge in [0.05, 0.1) is 11.7 Å². The van der Waals surface area contributed by atoms with Crippen LogP contribution in [0.25, 0.3) is 0 Å². The number of nitriles is 1. The van der Waals surface area contributed by atoms with Gasteiger partial charge in [0, 0.05) is 24.4 Å². The van der Waals surface area contributed by atoms with E-state index in [1.165, 1.54) is 19.2 Å². The van der Waals surface area contributed by atoms with Gasteiger partial charge in [-0.2, -0.15) is 5.26 Å². The number of carbonyl (C=O) groups is 1. The van der Waals surface area contributed by atoms with Crippen LogP contribution in [0.5, 0.6) is 0 Å². The summed E-state index contributed by atoms with van der Waals surface area (Å²) in [7, 11) is 0. The Hall–Kier alpha value is -1.13. The van der Waals surface area contributed by atoms with E-state index < -0.39 is 12.2 Å². The second-order valence-electron chi connectivity index (χ2n) is 3.86. The van der Waals surface area contributed by atoms with E-state index in [4.69, 9.17) is 16.9 Å². The van der Waals surface area contributed by atoms with Gasteiger partial charge in [-0.05, 0) is 12.5 Å². The van der Waals surface area contributed by atoms with Gasteiger partial charge in [-0.3, -0.25) is 4.79 Å². The molecule has 1 heterocycles. The number of nitrogens with zero attached hydrogens (tertiary/aromatic N) is 2. The van der Waals surface area contributed by atoms with Crippen molar-refractivity contribution < 1.29 is 15.0 Å². The topological polar surface area (TPSA) is 94.2 Å². The third kappa shape index (κ3) is 4.80. The van der Waals surface area contributed by atoms with Gasteiger partial charge < -0.3 is 10.2 Å². The van der Waals surface area contributed by atoms with Crippen LogP contribution in [-0.2, 0) is 4.79 Å². The zero-order valence-electron chi connectivity index (χ0n) is 10.2. The summed E-state index contributed by atoms with van der Waals surface area (Å²) in [5, 5.41) is 28.6. The Morgan fingerprint density at radius 1 is 1.63 bits per heavy atom. The Morgan fingerprint density at radius 2 is 2.32 bits per heavy atom. The van der Waals surface area contributed by atoms with Crippen LogP contribution in [-0.4, -0.2) is 32.2 Å². The molecule has 7 heteroatoms. The van der Waals surface area contributed by atoms with Crippen LogP contribution in [0.4, 0.5) is 0 Å². The van der Waals surface area contributed by atoms with Crippen LogP contribution >= 0.6 is 23.4 Å². The van der Waals surface area contributed by atoms with Gasteiger partial charge >= 0.3 is 0 Å². The summed E-state index contributed by atoms with van der Waals surface area (Å²) in [6.07, 6.45) is -0.782. The number of aliphatic hydroxyl groups is 2. The molecule has 19 heavy (non-hydrogen) atoms. The molecule has 0 fully saturated rings. The van der Waals surface area contributed by atoms with E-state index in [1.54, 1.807) is 0 Å². The van der Waals surface area contributed by atoms with Crippen molar-refractivity contribution in [2.75, 3.05) is 5.75 Å². The fourth-order valence-electron chi connectivity index (χ4n) is 1.42. The Bertz CT molecular complexity index is 504. The highest BCUT2D eigenvalue weighted by atomic mass is 35.5. The average Bonchev–Trinajstić information content (AvgIpc) is 2.38. The fourth-order valence-corrected chi connectivity index (χ4v) is 2.28. The highest BCUT2D eigenvalue weighted by Gasteiger charge is 2.22. The van der Waals surface area contributed by atoms with E-state index in [-0.39, 0.29) is 27.8 Å². The molecule has 0 aliphatic rings. The smallest absolute Gasteiger partial charge is 0.185 e. The predicted octanol–water partition coefficient (Wildman–Crippen LogP) is 1.67. The second-order valence-corrected chi connectivity index (χ2v) is 5.49. The van der Waals surface area contributed by atoms with Crippen molar-refractivity contribution >= 4 is 28.5 Å². The standard InChI is InChI=1S/C12H13ClN2O3S/c1-7(16)19-3-2-10(17)11(18)9-4-8(5-14)6-15-12(9)13/h4,6,10-11,17-18H,2-3H2,1H3. The molecule has 0 aromatic carbocycles. The third-order valence-corrected chi connectivity index (χ3v) is 3.56. The maximum absolute atomic E-state index is 10.8. The van der Waals surface area contributed by atoms with E-state index in [0.29, 0.717) is 5.75 Å². The van der Waals surface area contributed by atoms with Gasteiger partial charge in [0.2, 0.25) is 0 Å². The number of aliphatic hydroxyl groups excluding tert-OH is 2. The lowest BCUT2D eigenvalue weighted by Gasteiger charge is -2.18. The number of thioether (sulfide) groups is 1. The maximum atomic E-state index is 10.8. The van der Waals surface area contributed by atoms with E-state index >= 15 is 0 Å². The van der Waals surface area contributed by atoms with E-state index in [2.05, 4.69) is 4.98 Å². The number of halogens is 1. The molecule has 0 bridgehead atoms. The van der Waals surface area contributed by atoms with Gasteiger partial charge in [0.15, 0.2) is 5.12 Å². The molecule has 0 aliphatic heterocycles. The second kappa shape index (κ2) is 7.46. The fraction of sp³-hybridized carbons (Fsp3) is 0.417. The molecule has 1 aromatic rings. The van der Waals surface area contributed by atoms with Crippen molar-refractivity contribution in [1.29, 1.82) is 5.26 Å². The van der Waals surface area contributed by atoms with E-state index in [0.717, 1.165) is 11.8 Å². The lowest BCUT2D eigenvalue weighted by molar-refractivity contribution is -0.109. The zero-order valence-corrected chi connectivity index (χ0v) is 11.8. The number of pyridine rings is 1. The number of carbonyl (C=O) groups excluding carboxylic acids is 1. The summed E-state index contributed by atoms with van der Waals surface area (Å²) in [5.41, 5.74) is 0.463. The molecule has 0 aliphatic carbocycles. The van der Waals surface area contributed by atoms with Gasteiger partial charge in [0.25, 0.3) is 0 Å². The van der Waals surface area contributed by atoms with Gasteiger partial charge in [0.1, 0.15) is 17.3 Å². The maximum Gasteiger partial charge on any atom is 0.185 e. The minimum Gasteiger partial charge on any atom is -0.390 e. The monoisotopic (exact) mass is 300 g/mol. The highest BCUT2D eigenvalue weighted by molar-refractivity contribution is 8.13. The van der Waals surface area contributed by atoms with Crippen molar-refractivity contribution in [3.05, 3.63) is 28.5 Å². The number of aromatic nitrogens is 1. The molecule has 1 rings (SSSR count). The van der Waals surface area contributed by atoms with Gasteiger partial charge in [-0.25, -0.2) is 4.98 Å². The first-order valence-corrected chi connectivity index (χ1v) is 6.87. The Labute approximate surface area is 120 Å². The average molecular weight is 301 g/mol. The van der Waals surface area contributed by atoms with Crippen LogP contribution in [0.1, 0.15) is 30.6 Å². The Balaban J connectivity index is 2.73. The molecule has 5 nitrogen and oxygen atoms in total. The minimum absolute atomic E-state index is 0.0461. The van der Waals surface area contributed by atoms with Crippen molar-refractivity contribution in [2.24, 2.45) is 0 Å². The van der Waals surface area contributed by atoms with E-state index in [1.807, 2.05) is 6.07 Å². The van der Waals surface area contributed by atoms with Crippen LogP contribution in [0, 0.1) is 11.3 Å². The first-order chi connectivity index (χ1) is 8.95. The number of hydrogen-bond acceptors (Lipinski definition) is 6. The molecule has 0 saturated heterocycles. The quantitative estimate of drug-likeness (QED) is 0.803. The largest absolute Gasteiger partial charge is 0.390 e. The summed E-state index contributed by atoms with van der Waals surface area (Å²) in [6.45, 7) is 1.44. The predicted molar refractivity (Wildman–Crippen MR) is 72.7 cm³/mol. The summed E-state index contributed by atoms with van der Waals surface area (Å²) in [5.74, 6) is 0.399. The highest BCUT2D eigenvalue weighted by Crippen LogP contribution is 2.26. The molecule has 0 spiro atoms. The number of hydrogen-bond donors (Lipinski definition) is 2. The molecule has 0 amide bonds. The van der Waals surface area contributed by atoms with Gasteiger partial charge in [-0.1, -0.05) is 23.4 Å². The SMILES string of the molecule is CC(=O)SCCC(O)C(O)c1cc(C#N)cnc1Cl. The summed E-state index contributed by atoms with van der Waals surface area (Å²) >= 11 is 6.90. The Kier molecular flexibility index (Phi) is 6.25. The first-order valence-electron chi connectivity index (χ1n) is 5.50. The summed E-state index contributed by atoms with van der Waals surface area (Å²) < 4.78 is 0. The lowest BCUT2D eigenvalue weighted by atomic mass is 10.0. The van der Waals surface area contributed by atoms with Crippen molar-refractivity contribution in [1.82, 2.24) is 4.98 Å². The lowest BCUT2D eigenvalue weighted by Crippen LogP contribution is -2.20. The van der Waals surface area contributed by atoms with E-state index in [9.17, 15) is 15.0 Å². The van der Waals surface area contributed by atoms with Crippen LogP contribution < -0.4 is 0 Å². The molecule has 102 valence electrons. The zero-order chi connectivity index (χ0) is 14.4. The van der Waals surface area contributed by atoms with Crippen molar-refractivity contribution in [3.63, 3.8) is 0 Å². The van der Waals surface area contributed by atoms with Crippen molar-refractivity contribution in [3.8, 4) is 6.07 Å². The molecule has 2 atom stereocenters. The molecule has 2 N–H and O–H groups in total. The normalized spacial score (nSPS) is 13.6. The minimum atomic E-state index is -1.24. The van der Waals surface area contributed by atoms with Crippen LogP contribution in [0.3, 0.4) is 0 Å².